The number of nitrogen functional groups attached to an aromatic ring is 1. The van der Waals surface area contributed by atoms with E-state index in [4.69, 9.17) is 5.73 Å². The summed E-state index contributed by atoms with van der Waals surface area (Å²) in [4.78, 5) is 0. The van der Waals surface area contributed by atoms with E-state index in [1.165, 1.54) is 31.4 Å². The van der Waals surface area contributed by atoms with E-state index in [0.717, 1.165) is 17.9 Å². The Hall–Kier alpha value is -0.990. The Kier molecular flexibility index (Phi) is 2.25. The molecule has 1 saturated carbocycles. The van der Waals surface area contributed by atoms with Gasteiger partial charge in [0, 0.05) is 11.3 Å². The highest BCUT2D eigenvalue weighted by atomic mass is 15.2. The molecule has 2 rings (SSSR count). The van der Waals surface area contributed by atoms with Gasteiger partial charge in [0.2, 0.25) is 0 Å². The number of hydrogen-bond donors (Lipinski definition) is 2. The summed E-state index contributed by atoms with van der Waals surface area (Å²) >= 11 is 0. The van der Waals surface area contributed by atoms with Crippen LogP contribution in [0.4, 0.5) is 5.82 Å². The van der Waals surface area contributed by atoms with Gasteiger partial charge in [-0.15, -0.1) is 0 Å². The fourth-order valence-corrected chi connectivity index (χ4v) is 2.15. The van der Waals surface area contributed by atoms with Crippen LogP contribution in [0.5, 0.6) is 0 Å². The van der Waals surface area contributed by atoms with Crippen LogP contribution in [-0.2, 0) is 6.42 Å². The van der Waals surface area contributed by atoms with Gasteiger partial charge in [0.25, 0.3) is 0 Å². The standard InChI is InChI=1S/C10H17N3/c1-7-9(12-13-10(7)11)6-8-4-2-3-5-8/h8H,2-6H2,1H3,(H3,11,12,13). The zero-order valence-corrected chi connectivity index (χ0v) is 8.14. The van der Waals surface area contributed by atoms with Crippen molar-refractivity contribution in [1.82, 2.24) is 10.2 Å². The van der Waals surface area contributed by atoms with Crippen molar-refractivity contribution in [3.8, 4) is 0 Å². The van der Waals surface area contributed by atoms with Crippen LogP contribution < -0.4 is 5.73 Å². The molecule has 1 aromatic heterocycles. The van der Waals surface area contributed by atoms with E-state index < -0.39 is 0 Å². The summed E-state index contributed by atoms with van der Waals surface area (Å²) in [5.41, 5.74) is 8.06. The van der Waals surface area contributed by atoms with Crippen molar-refractivity contribution in [1.29, 1.82) is 0 Å². The predicted molar refractivity (Wildman–Crippen MR) is 53.4 cm³/mol. The summed E-state index contributed by atoms with van der Waals surface area (Å²) in [5.74, 6) is 1.52. The molecular weight excluding hydrogens is 162 g/mol. The predicted octanol–water partition coefficient (Wildman–Crippen LogP) is 2.03. The van der Waals surface area contributed by atoms with Crippen molar-refractivity contribution in [2.24, 2.45) is 5.92 Å². The molecule has 0 amide bonds. The van der Waals surface area contributed by atoms with Gasteiger partial charge in [0.15, 0.2) is 0 Å². The van der Waals surface area contributed by atoms with Crippen molar-refractivity contribution < 1.29 is 0 Å². The number of nitrogens with two attached hydrogens (primary N) is 1. The molecule has 1 fully saturated rings. The van der Waals surface area contributed by atoms with Gasteiger partial charge in [-0.25, -0.2) is 0 Å². The quantitative estimate of drug-likeness (QED) is 0.730. The topological polar surface area (TPSA) is 54.7 Å². The Bertz CT molecular complexity index is 284. The lowest BCUT2D eigenvalue weighted by molar-refractivity contribution is 0.537. The molecule has 1 aliphatic carbocycles. The molecule has 3 nitrogen and oxygen atoms in total. The molecule has 0 atom stereocenters. The van der Waals surface area contributed by atoms with Crippen LogP contribution >= 0.6 is 0 Å². The molecule has 0 aliphatic heterocycles. The second-order valence-corrected chi connectivity index (χ2v) is 4.07. The van der Waals surface area contributed by atoms with Gasteiger partial charge in [0.05, 0.1) is 0 Å². The first-order valence-corrected chi connectivity index (χ1v) is 5.06. The minimum Gasteiger partial charge on any atom is -0.382 e. The average molecular weight is 179 g/mol. The van der Waals surface area contributed by atoms with Crippen LogP contribution in [0.15, 0.2) is 0 Å². The maximum absolute atomic E-state index is 5.67. The summed E-state index contributed by atoms with van der Waals surface area (Å²) in [6.45, 7) is 2.04. The highest BCUT2D eigenvalue weighted by Crippen LogP contribution is 2.28. The molecule has 0 saturated heterocycles. The number of nitrogens with one attached hydrogen (secondary N) is 1. The van der Waals surface area contributed by atoms with Crippen molar-refractivity contribution in [3.63, 3.8) is 0 Å². The van der Waals surface area contributed by atoms with Crippen molar-refractivity contribution >= 4 is 5.82 Å². The van der Waals surface area contributed by atoms with E-state index in [1.807, 2.05) is 6.92 Å². The zero-order valence-electron chi connectivity index (χ0n) is 8.14. The van der Waals surface area contributed by atoms with Crippen LogP contribution in [0, 0.1) is 12.8 Å². The molecule has 3 heteroatoms. The van der Waals surface area contributed by atoms with Gasteiger partial charge in [-0.1, -0.05) is 25.7 Å². The smallest absolute Gasteiger partial charge is 0.148 e. The van der Waals surface area contributed by atoms with E-state index in [9.17, 15) is 0 Å². The van der Waals surface area contributed by atoms with Gasteiger partial charge < -0.3 is 5.73 Å². The second kappa shape index (κ2) is 3.40. The Morgan fingerprint density at radius 2 is 2.15 bits per heavy atom. The van der Waals surface area contributed by atoms with E-state index in [-0.39, 0.29) is 0 Å². The molecular formula is C10H17N3. The van der Waals surface area contributed by atoms with Crippen LogP contribution in [0.3, 0.4) is 0 Å². The molecule has 0 radical (unpaired) electrons. The Morgan fingerprint density at radius 3 is 2.69 bits per heavy atom. The molecule has 72 valence electrons. The first-order chi connectivity index (χ1) is 6.27. The third-order valence-electron chi connectivity index (χ3n) is 3.12. The Morgan fingerprint density at radius 1 is 1.46 bits per heavy atom. The number of rotatable bonds is 2. The van der Waals surface area contributed by atoms with Crippen molar-refractivity contribution in [2.75, 3.05) is 5.73 Å². The largest absolute Gasteiger partial charge is 0.382 e. The number of aromatic nitrogens is 2. The van der Waals surface area contributed by atoms with E-state index in [2.05, 4.69) is 10.2 Å². The maximum Gasteiger partial charge on any atom is 0.148 e. The summed E-state index contributed by atoms with van der Waals surface area (Å²) in [7, 11) is 0. The van der Waals surface area contributed by atoms with E-state index in [0.29, 0.717) is 5.82 Å². The molecule has 0 bridgehead atoms. The first kappa shape index (κ1) is 8.60. The van der Waals surface area contributed by atoms with E-state index in [1.54, 1.807) is 0 Å². The fraction of sp³-hybridized carbons (Fsp3) is 0.700. The van der Waals surface area contributed by atoms with Crippen LogP contribution in [0.2, 0.25) is 0 Å². The van der Waals surface area contributed by atoms with Gasteiger partial charge in [-0.05, 0) is 19.3 Å². The fourth-order valence-electron chi connectivity index (χ4n) is 2.15. The lowest BCUT2D eigenvalue weighted by atomic mass is 10.00. The zero-order chi connectivity index (χ0) is 9.26. The number of nitrogens with zero attached hydrogens (tertiary/aromatic N) is 1. The summed E-state index contributed by atoms with van der Waals surface area (Å²) in [6, 6.07) is 0. The molecule has 0 unspecified atom stereocenters. The Balaban J connectivity index is 2.04. The highest BCUT2D eigenvalue weighted by Gasteiger charge is 2.17. The molecule has 1 heterocycles. The summed E-state index contributed by atoms with van der Waals surface area (Å²) in [5, 5.41) is 7.04. The van der Waals surface area contributed by atoms with Crippen molar-refractivity contribution in [2.45, 2.75) is 39.0 Å². The van der Waals surface area contributed by atoms with Crippen molar-refractivity contribution in [3.05, 3.63) is 11.3 Å². The lowest BCUT2D eigenvalue weighted by Crippen LogP contribution is -2.00. The number of aromatic amines is 1. The number of hydrogen-bond acceptors (Lipinski definition) is 2. The van der Waals surface area contributed by atoms with Gasteiger partial charge in [0.1, 0.15) is 5.82 Å². The number of anilines is 1. The first-order valence-electron chi connectivity index (χ1n) is 5.06. The van der Waals surface area contributed by atoms with Crippen LogP contribution in [-0.4, -0.2) is 10.2 Å². The summed E-state index contributed by atoms with van der Waals surface area (Å²) in [6.07, 6.45) is 6.67. The second-order valence-electron chi connectivity index (χ2n) is 4.07. The average Bonchev–Trinajstić information content (AvgIpc) is 2.71. The third-order valence-corrected chi connectivity index (χ3v) is 3.12. The molecule has 3 N–H and O–H groups in total. The minimum absolute atomic E-state index is 0.660. The Labute approximate surface area is 78.7 Å². The molecule has 1 aliphatic rings. The van der Waals surface area contributed by atoms with Crippen LogP contribution in [0.25, 0.3) is 0 Å². The SMILES string of the molecule is Cc1c(N)n[nH]c1CC1CCCC1. The number of H-pyrrole nitrogens is 1. The normalized spacial score (nSPS) is 18.2. The molecule has 13 heavy (non-hydrogen) atoms. The van der Waals surface area contributed by atoms with Gasteiger partial charge in [-0.3, -0.25) is 5.10 Å². The lowest BCUT2D eigenvalue weighted by Gasteiger charge is -2.06. The van der Waals surface area contributed by atoms with Crippen LogP contribution in [0.1, 0.15) is 36.9 Å². The molecule has 1 aromatic rings. The highest BCUT2D eigenvalue weighted by molar-refractivity contribution is 5.40. The monoisotopic (exact) mass is 179 g/mol. The summed E-state index contributed by atoms with van der Waals surface area (Å²) < 4.78 is 0. The van der Waals surface area contributed by atoms with Gasteiger partial charge >= 0.3 is 0 Å². The minimum atomic E-state index is 0.660. The maximum atomic E-state index is 5.67. The molecule has 0 aromatic carbocycles. The third kappa shape index (κ3) is 1.69. The van der Waals surface area contributed by atoms with Gasteiger partial charge in [-0.2, -0.15) is 5.10 Å². The van der Waals surface area contributed by atoms with E-state index >= 15 is 0 Å². The molecule has 0 spiro atoms.